The Bertz CT molecular complexity index is 463. The van der Waals surface area contributed by atoms with Crippen LogP contribution in [0.1, 0.15) is 12.8 Å². The van der Waals surface area contributed by atoms with E-state index in [2.05, 4.69) is 34.4 Å². The molecule has 0 aliphatic carbocycles. The van der Waals surface area contributed by atoms with Crippen molar-refractivity contribution < 1.29 is 0 Å². The van der Waals surface area contributed by atoms with Crippen LogP contribution in [-0.2, 0) is 0 Å². The maximum atomic E-state index is 4.33. The van der Waals surface area contributed by atoms with E-state index in [9.17, 15) is 0 Å². The monoisotopic (exact) mass is 233 g/mol. The summed E-state index contributed by atoms with van der Waals surface area (Å²) >= 11 is 0. The predicted octanol–water partition coefficient (Wildman–Crippen LogP) is 1.48. The van der Waals surface area contributed by atoms with Crippen LogP contribution in [0, 0.1) is 0 Å². The van der Waals surface area contributed by atoms with Gasteiger partial charge in [-0.2, -0.15) is 5.10 Å². The van der Waals surface area contributed by atoms with Gasteiger partial charge in [0.05, 0.1) is 6.20 Å². The van der Waals surface area contributed by atoms with Crippen molar-refractivity contribution in [2.75, 3.05) is 32.5 Å². The number of nitrogens with zero attached hydrogens (tertiary/aromatic N) is 4. The lowest BCUT2D eigenvalue weighted by molar-refractivity contribution is 0.396. The fraction of sp³-hybridized carbons (Fsp3) is 0.500. The highest BCUT2D eigenvalue weighted by atomic mass is 15.2. The Kier molecular flexibility index (Phi) is 3.93. The molecule has 0 amide bonds. The summed E-state index contributed by atoms with van der Waals surface area (Å²) in [6.45, 7) is 2.08. The Morgan fingerprint density at radius 3 is 3.00 bits per heavy atom. The summed E-state index contributed by atoms with van der Waals surface area (Å²) in [6.07, 6.45) is 7.75. The summed E-state index contributed by atoms with van der Waals surface area (Å²) < 4.78 is 1.83. The molecule has 0 fully saturated rings. The maximum absolute atomic E-state index is 4.33. The van der Waals surface area contributed by atoms with Crippen LogP contribution >= 0.6 is 0 Å². The minimum Gasteiger partial charge on any atom is -0.368 e. The number of rotatable bonds is 6. The zero-order valence-electron chi connectivity index (χ0n) is 10.4. The second kappa shape index (κ2) is 5.63. The third-order valence-electron chi connectivity index (χ3n) is 2.65. The topological polar surface area (TPSA) is 45.5 Å². The fourth-order valence-electron chi connectivity index (χ4n) is 1.75. The average Bonchev–Trinajstić information content (AvgIpc) is 2.77. The van der Waals surface area contributed by atoms with Crippen LogP contribution in [-0.4, -0.2) is 46.7 Å². The van der Waals surface area contributed by atoms with Gasteiger partial charge < -0.3 is 10.2 Å². The number of fused-ring (bicyclic) bond motifs is 1. The Hall–Kier alpha value is -1.62. The van der Waals surface area contributed by atoms with E-state index in [1.165, 1.54) is 6.42 Å². The molecule has 2 aromatic rings. The number of hydrogen-bond acceptors (Lipinski definition) is 4. The second-order valence-corrected chi connectivity index (χ2v) is 4.37. The minimum atomic E-state index is 0.912. The molecule has 0 spiro atoms. The van der Waals surface area contributed by atoms with Crippen molar-refractivity contribution in [1.82, 2.24) is 19.5 Å². The number of nitrogens with one attached hydrogen (secondary N) is 1. The van der Waals surface area contributed by atoms with Gasteiger partial charge in [0.1, 0.15) is 5.52 Å². The quantitative estimate of drug-likeness (QED) is 0.768. The molecular formula is C12H19N5. The van der Waals surface area contributed by atoms with Crippen LogP contribution < -0.4 is 5.32 Å². The smallest absolute Gasteiger partial charge is 0.152 e. The van der Waals surface area contributed by atoms with E-state index in [1.807, 2.05) is 16.8 Å². The van der Waals surface area contributed by atoms with Gasteiger partial charge in [0.2, 0.25) is 0 Å². The van der Waals surface area contributed by atoms with Crippen LogP contribution in [0.15, 0.2) is 24.7 Å². The van der Waals surface area contributed by atoms with E-state index in [4.69, 9.17) is 0 Å². The van der Waals surface area contributed by atoms with Gasteiger partial charge in [-0.25, -0.2) is 9.50 Å². The van der Waals surface area contributed by atoms with Crippen molar-refractivity contribution in [3.8, 4) is 0 Å². The molecule has 5 heteroatoms. The molecule has 2 aromatic heterocycles. The van der Waals surface area contributed by atoms with Crippen molar-refractivity contribution in [2.24, 2.45) is 0 Å². The largest absolute Gasteiger partial charge is 0.368 e. The molecule has 1 N–H and O–H groups in total. The molecule has 0 saturated heterocycles. The molecule has 92 valence electrons. The lowest BCUT2D eigenvalue weighted by atomic mass is 10.3. The van der Waals surface area contributed by atoms with E-state index in [0.717, 1.165) is 30.8 Å². The lowest BCUT2D eigenvalue weighted by Gasteiger charge is -2.10. The number of hydrogen-bond donors (Lipinski definition) is 1. The molecule has 0 unspecified atom stereocenters. The van der Waals surface area contributed by atoms with Crippen molar-refractivity contribution >= 4 is 11.3 Å². The molecule has 5 nitrogen and oxygen atoms in total. The minimum absolute atomic E-state index is 0.912. The standard InChI is InChI=1S/C12H19N5/c1-16(2)9-4-3-6-13-12-11-5-7-15-17(11)10-8-14-12/h5,7-8,10H,3-4,6,9H2,1-2H3,(H,13,14). The van der Waals surface area contributed by atoms with Crippen molar-refractivity contribution in [3.05, 3.63) is 24.7 Å². The van der Waals surface area contributed by atoms with Gasteiger partial charge in [-0.15, -0.1) is 0 Å². The maximum Gasteiger partial charge on any atom is 0.152 e. The highest BCUT2D eigenvalue weighted by Gasteiger charge is 2.01. The molecule has 2 rings (SSSR count). The summed E-state index contributed by atoms with van der Waals surface area (Å²) in [5.74, 6) is 0.912. The van der Waals surface area contributed by atoms with E-state index in [-0.39, 0.29) is 0 Å². The van der Waals surface area contributed by atoms with Gasteiger partial charge in [-0.3, -0.25) is 0 Å². The molecular weight excluding hydrogens is 214 g/mol. The van der Waals surface area contributed by atoms with Crippen LogP contribution in [0.5, 0.6) is 0 Å². The molecule has 0 aromatic carbocycles. The molecule has 0 radical (unpaired) electrons. The highest BCUT2D eigenvalue weighted by molar-refractivity contribution is 5.66. The van der Waals surface area contributed by atoms with E-state index in [0.29, 0.717) is 0 Å². The van der Waals surface area contributed by atoms with E-state index >= 15 is 0 Å². The van der Waals surface area contributed by atoms with E-state index in [1.54, 1.807) is 12.4 Å². The first-order chi connectivity index (χ1) is 8.27. The zero-order valence-corrected chi connectivity index (χ0v) is 10.4. The highest BCUT2D eigenvalue weighted by Crippen LogP contribution is 2.12. The third kappa shape index (κ3) is 3.17. The summed E-state index contributed by atoms with van der Waals surface area (Å²) in [7, 11) is 4.20. The van der Waals surface area contributed by atoms with Crippen molar-refractivity contribution in [3.63, 3.8) is 0 Å². The summed E-state index contributed by atoms with van der Waals surface area (Å²) in [5.41, 5.74) is 1.03. The van der Waals surface area contributed by atoms with Crippen LogP contribution in [0.3, 0.4) is 0 Å². The van der Waals surface area contributed by atoms with Crippen LogP contribution in [0.2, 0.25) is 0 Å². The van der Waals surface area contributed by atoms with Crippen LogP contribution in [0.25, 0.3) is 5.52 Å². The SMILES string of the molecule is CN(C)CCCCNc1nccn2nccc12. The van der Waals surface area contributed by atoms with Gasteiger partial charge in [-0.1, -0.05) is 0 Å². The summed E-state index contributed by atoms with van der Waals surface area (Å²) in [5, 5.41) is 7.53. The lowest BCUT2D eigenvalue weighted by Crippen LogP contribution is -2.14. The first-order valence-corrected chi connectivity index (χ1v) is 5.94. The van der Waals surface area contributed by atoms with Gasteiger partial charge in [0, 0.05) is 18.9 Å². The molecule has 0 bridgehead atoms. The van der Waals surface area contributed by atoms with Crippen LogP contribution in [0.4, 0.5) is 5.82 Å². The average molecular weight is 233 g/mol. The normalized spacial score (nSPS) is 11.2. The van der Waals surface area contributed by atoms with E-state index < -0.39 is 0 Å². The molecule has 0 atom stereocenters. The Morgan fingerprint density at radius 1 is 1.29 bits per heavy atom. The number of unbranched alkanes of at least 4 members (excludes halogenated alkanes) is 1. The Labute approximate surface area is 101 Å². The summed E-state index contributed by atoms with van der Waals surface area (Å²) in [6, 6.07) is 1.97. The molecule has 0 saturated carbocycles. The van der Waals surface area contributed by atoms with Crippen molar-refractivity contribution in [1.29, 1.82) is 0 Å². The van der Waals surface area contributed by atoms with Gasteiger partial charge >= 0.3 is 0 Å². The first kappa shape index (κ1) is 11.9. The summed E-state index contributed by atoms with van der Waals surface area (Å²) in [4.78, 5) is 6.53. The number of anilines is 1. The zero-order chi connectivity index (χ0) is 12.1. The molecule has 17 heavy (non-hydrogen) atoms. The molecule has 2 heterocycles. The third-order valence-corrected chi connectivity index (χ3v) is 2.65. The molecule has 0 aliphatic rings. The number of aromatic nitrogens is 3. The fourth-order valence-corrected chi connectivity index (χ4v) is 1.75. The second-order valence-electron chi connectivity index (χ2n) is 4.37. The van der Waals surface area contributed by atoms with Crippen molar-refractivity contribution in [2.45, 2.75) is 12.8 Å². The first-order valence-electron chi connectivity index (χ1n) is 5.94. The van der Waals surface area contributed by atoms with Gasteiger partial charge in [0.25, 0.3) is 0 Å². The van der Waals surface area contributed by atoms with Gasteiger partial charge in [-0.05, 0) is 39.5 Å². The Morgan fingerprint density at radius 2 is 2.18 bits per heavy atom. The predicted molar refractivity (Wildman–Crippen MR) is 69.3 cm³/mol. The Balaban J connectivity index is 1.84. The molecule has 0 aliphatic heterocycles. The van der Waals surface area contributed by atoms with Gasteiger partial charge in [0.15, 0.2) is 5.82 Å².